The van der Waals surface area contributed by atoms with Crippen molar-refractivity contribution in [3.63, 3.8) is 0 Å². The summed E-state index contributed by atoms with van der Waals surface area (Å²) in [6, 6.07) is 5.34. The van der Waals surface area contributed by atoms with Gasteiger partial charge in [0, 0.05) is 12.7 Å². The standard InChI is InChI=1S/C14H17N3O2/c1-14(2,3)19-13(18)17-7-4-5-12-9-11(10-15)6-8-16-12/h4-6,8-9H,7H2,1-3H3,(H,17,18). The highest BCUT2D eigenvalue weighted by Gasteiger charge is 2.14. The second-order valence-electron chi connectivity index (χ2n) is 4.87. The van der Waals surface area contributed by atoms with Crippen molar-refractivity contribution in [2.24, 2.45) is 0 Å². The molecule has 0 spiro atoms. The zero-order valence-electron chi connectivity index (χ0n) is 11.3. The van der Waals surface area contributed by atoms with Gasteiger partial charge in [-0.2, -0.15) is 5.26 Å². The lowest BCUT2D eigenvalue weighted by molar-refractivity contribution is 0.0534. The van der Waals surface area contributed by atoms with E-state index < -0.39 is 11.7 Å². The van der Waals surface area contributed by atoms with Gasteiger partial charge in [0.15, 0.2) is 0 Å². The summed E-state index contributed by atoms with van der Waals surface area (Å²) in [6.07, 6.45) is 4.58. The Morgan fingerprint density at radius 2 is 2.32 bits per heavy atom. The largest absolute Gasteiger partial charge is 0.444 e. The summed E-state index contributed by atoms with van der Waals surface area (Å²) in [5.41, 5.74) is 0.719. The van der Waals surface area contributed by atoms with E-state index in [4.69, 9.17) is 10.00 Å². The summed E-state index contributed by atoms with van der Waals surface area (Å²) in [7, 11) is 0. The van der Waals surface area contributed by atoms with Gasteiger partial charge >= 0.3 is 6.09 Å². The zero-order chi connectivity index (χ0) is 14.3. The van der Waals surface area contributed by atoms with Crippen LogP contribution in [0.1, 0.15) is 32.0 Å². The van der Waals surface area contributed by atoms with Crippen molar-refractivity contribution in [3.05, 3.63) is 35.7 Å². The first-order valence-corrected chi connectivity index (χ1v) is 5.90. The number of carbonyl (C=O) groups excluding carboxylic acids is 1. The van der Waals surface area contributed by atoms with Gasteiger partial charge in [-0.05, 0) is 39.0 Å². The maximum Gasteiger partial charge on any atom is 0.407 e. The summed E-state index contributed by atoms with van der Waals surface area (Å²) in [5.74, 6) is 0. The number of aromatic nitrogens is 1. The second-order valence-corrected chi connectivity index (χ2v) is 4.87. The number of hydrogen-bond donors (Lipinski definition) is 1. The maximum atomic E-state index is 11.3. The number of nitrogens with zero attached hydrogens (tertiary/aromatic N) is 2. The van der Waals surface area contributed by atoms with E-state index in [0.29, 0.717) is 17.8 Å². The number of hydrogen-bond acceptors (Lipinski definition) is 4. The SMILES string of the molecule is CC(C)(C)OC(=O)NCC=Cc1cc(C#N)ccn1. The van der Waals surface area contributed by atoms with Crippen LogP contribution in [-0.2, 0) is 4.74 Å². The van der Waals surface area contributed by atoms with Crippen molar-refractivity contribution in [2.45, 2.75) is 26.4 Å². The molecule has 0 atom stereocenters. The third kappa shape index (κ3) is 6.22. The topological polar surface area (TPSA) is 75.0 Å². The first-order chi connectivity index (χ1) is 8.90. The third-order valence-corrected chi connectivity index (χ3v) is 1.96. The van der Waals surface area contributed by atoms with Crippen molar-refractivity contribution < 1.29 is 9.53 Å². The van der Waals surface area contributed by atoms with E-state index in [2.05, 4.69) is 10.3 Å². The van der Waals surface area contributed by atoms with Crippen LogP contribution in [-0.4, -0.2) is 23.2 Å². The van der Waals surface area contributed by atoms with E-state index in [-0.39, 0.29) is 0 Å². The second kappa shape index (κ2) is 6.55. The van der Waals surface area contributed by atoms with Crippen molar-refractivity contribution in [2.75, 3.05) is 6.54 Å². The summed E-state index contributed by atoms with van der Waals surface area (Å²) < 4.78 is 5.08. The number of carbonyl (C=O) groups is 1. The minimum atomic E-state index is -0.503. The average Bonchev–Trinajstić information content (AvgIpc) is 2.33. The van der Waals surface area contributed by atoms with Gasteiger partial charge in [-0.25, -0.2) is 4.79 Å². The first kappa shape index (κ1) is 14.7. The van der Waals surface area contributed by atoms with Gasteiger partial charge in [0.25, 0.3) is 0 Å². The molecule has 0 unspecified atom stereocenters. The monoisotopic (exact) mass is 259 g/mol. The van der Waals surface area contributed by atoms with Gasteiger partial charge in [0.2, 0.25) is 0 Å². The fraction of sp³-hybridized carbons (Fsp3) is 0.357. The van der Waals surface area contributed by atoms with E-state index in [1.165, 1.54) is 0 Å². The van der Waals surface area contributed by atoms with Crippen molar-refractivity contribution in [1.29, 1.82) is 5.26 Å². The van der Waals surface area contributed by atoms with E-state index >= 15 is 0 Å². The maximum absolute atomic E-state index is 11.3. The Morgan fingerprint density at radius 3 is 2.95 bits per heavy atom. The van der Waals surface area contributed by atoms with Crippen molar-refractivity contribution in [3.8, 4) is 6.07 Å². The van der Waals surface area contributed by atoms with Gasteiger partial charge in [-0.1, -0.05) is 6.08 Å². The predicted molar refractivity (Wildman–Crippen MR) is 72.2 cm³/mol. The molecule has 0 saturated carbocycles. The molecule has 1 N–H and O–H groups in total. The van der Waals surface area contributed by atoms with Gasteiger partial charge in [-0.3, -0.25) is 4.98 Å². The third-order valence-electron chi connectivity index (χ3n) is 1.96. The van der Waals surface area contributed by atoms with Crippen LogP contribution in [0, 0.1) is 11.3 Å². The van der Waals surface area contributed by atoms with Crippen LogP contribution in [0.15, 0.2) is 24.4 Å². The highest BCUT2D eigenvalue weighted by atomic mass is 16.6. The molecular formula is C14H17N3O2. The van der Waals surface area contributed by atoms with Crippen LogP contribution in [0.3, 0.4) is 0 Å². The van der Waals surface area contributed by atoms with Crippen LogP contribution >= 0.6 is 0 Å². The lowest BCUT2D eigenvalue weighted by Crippen LogP contribution is -2.32. The molecule has 1 aromatic rings. The number of pyridine rings is 1. The number of amides is 1. The quantitative estimate of drug-likeness (QED) is 0.904. The molecular weight excluding hydrogens is 242 g/mol. The summed E-state index contributed by atoms with van der Waals surface area (Å²) >= 11 is 0. The number of nitriles is 1. The Bertz CT molecular complexity index is 510. The highest BCUT2D eigenvalue weighted by molar-refractivity contribution is 5.68. The van der Waals surface area contributed by atoms with Gasteiger partial charge in [-0.15, -0.1) is 0 Å². The Balaban J connectivity index is 2.42. The predicted octanol–water partition coefficient (Wildman–Crippen LogP) is 2.49. The van der Waals surface area contributed by atoms with Crippen LogP contribution in [0.5, 0.6) is 0 Å². The number of ether oxygens (including phenoxy) is 1. The average molecular weight is 259 g/mol. The zero-order valence-corrected chi connectivity index (χ0v) is 11.3. The number of nitrogens with one attached hydrogen (secondary N) is 1. The molecule has 1 rings (SSSR count). The Hall–Kier alpha value is -2.35. The number of alkyl carbamates (subject to hydrolysis) is 1. The van der Waals surface area contributed by atoms with E-state index in [1.54, 1.807) is 51.3 Å². The summed E-state index contributed by atoms with van der Waals surface area (Å²) in [5, 5.41) is 11.3. The molecule has 0 bridgehead atoms. The molecule has 0 radical (unpaired) electrons. The molecule has 0 aliphatic carbocycles. The summed E-state index contributed by atoms with van der Waals surface area (Å²) in [6.45, 7) is 5.76. The molecule has 1 heterocycles. The molecule has 19 heavy (non-hydrogen) atoms. The number of rotatable bonds is 3. The minimum absolute atomic E-state index is 0.341. The van der Waals surface area contributed by atoms with Gasteiger partial charge in [0.05, 0.1) is 17.3 Å². The summed E-state index contributed by atoms with van der Waals surface area (Å²) in [4.78, 5) is 15.4. The Kier molecular flexibility index (Phi) is 5.07. The molecule has 0 aromatic carbocycles. The van der Waals surface area contributed by atoms with E-state index in [1.807, 2.05) is 6.07 Å². The molecule has 0 fully saturated rings. The molecule has 5 nitrogen and oxygen atoms in total. The smallest absolute Gasteiger partial charge is 0.407 e. The molecule has 100 valence electrons. The van der Waals surface area contributed by atoms with Gasteiger partial charge in [0.1, 0.15) is 5.60 Å². The molecule has 1 amide bonds. The normalized spacial score (nSPS) is 11.1. The van der Waals surface area contributed by atoms with Crippen LogP contribution in [0.4, 0.5) is 4.79 Å². The lowest BCUT2D eigenvalue weighted by Gasteiger charge is -2.19. The fourth-order valence-electron chi connectivity index (χ4n) is 1.25. The minimum Gasteiger partial charge on any atom is -0.444 e. The van der Waals surface area contributed by atoms with Crippen LogP contribution in [0.25, 0.3) is 6.08 Å². The lowest BCUT2D eigenvalue weighted by atomic mass is 10.2. The Morgan fingerprint density at radius 1 is 1.58 bits per heavy atom. The molecule has 0 aliphatic heterocycles. The van der Waals surface area contributed by atoms with Crippen LogP contribution in [0.2, 0.25) is 0 Å². The Labute approximate surface area is 112 Å². The fourth-order valence-corrected chi connectivity index (χ4v) is 1.25. The highest BCUT2D eigenvalue weighted by Crippen LogP contribution is 2.06. The van der Waals surface area contributed by atoms with Crippen LogP contribution < -0.4 is 5.32 Å². The molecule has 1 aromatic heterocycles. The molecule has 0 saturated heterocycles. The molecule has 0 aliphatic rings. The van der Waals surface area contributed by atoms with Crippen molar-refractivity contribution >= 4 is 12.2 Å². The van der Waals surface area contributed by atoms with E-state index in [0.717, 1.165) is 0 Å². The van der Waals surface area contributed by atoms with E-state index in [9.17, 15) is 4.79 Å². The van der Waals surface area contributed by atoms with Crippen molar-refractivity contribution in [1.82, 2.24) is 10.3 Å². The van der Waals surface area contributed by atoms with Gasteiger partial charge < -0.3 is 10.1 Å². The molecule has 5 heteroatoms. The first-order valence-electron chi connectivity index (χ1n) is 5.90.